The number of hydrogen-bond acceptors (Lipinski definition) is 4. The summed E-state index contributed by atoms with van der Waals surface area (Å²) in [6, 6.07) is 9.47. The first kappa shape index (κ1) is 11.6. The lowest BCUT2D eigenvalue weighted by atomic mass is 10.2. The van der Waals surface area contributed by atoms with Crippen LogP contribution in [0.2, 0.25) is 0 Å². The van der Waals surface area contributed by atoms with Crippen molar-refractivity contribution in [3.05, 3.63) is 35.5 Å². The number of aromatic nitrogens is 2. The zero-order valence-electron chi connectivity index (χ0n) is 9.52. The molecule has 0 amide bonds. The van der Waals surface area contributed by atoms with Gasteiger partial charge in [0.05, 0.1) is 0 Å². The Labute approximate surface area is 104 Å². The Morgan fingerprint density at radius 3 is 2.88 bits per heavy atom. The highest BCUT2D eigenvalue weighted by molar-refractivity contribution is 7.98. The predicted molar refractivity (Wildman–Crippen MR) is 66.3 cm³/mol. The van der Waals surface area contributed by atoms with Gasteiger partial charge >= 0.3 is 0 Å². The van der Waals surface area contributed by atoms with Gasteiger partial charge in [-0.25, -0.2) is 0 Å². The first-order valence-electron chi connectivity index (χ1n) is 5.01. The third kappa shape index (κ3) is 2.43. The van der Waals surface area contributed by atoms with E-state index in [0.717, 1.165) is 10.6 Å². The fourth-order valence-electron chi connectivity index (χ4n) is 1.43. The van der Waals surface area contributed by atoms with Gasteiger partial charge in [-0.15, -0.1) is 16.9 Å². The quantitative estimate of drug-likeness (QED) is 0.844. The molecule has 1 heterocycles. The molecule has 0 saturated carbocycles. The molecule has 86 valence electrons. The molecule has 1 N–H and O–H groups in total. The average molecular weight is 245 g/mol. The Balaban J connectivity index is 2.36. The van der Waals surface area contributed by atoms with Crippen LogP contribution in [0.15, 0.2) is 29.2 Å². The van der Waals surface area contributed by atoms with E-state index in [4.69, 9.17) is 10.00 Å². The predicted octanol–water partition coefficient (Wildman–Crippen LogP) is 3.10. The van der Waals surface area contributed by atoms with E-state index in [1.54, 1.807) is 12.1 Å². The summed E-state index contributed by atoms with van der Waals surface area (Å²) in [5, 5.41) is 15.9. The second-order valence-corrected chi connectivity index (χ2v) is 4.28. The molecule has 0 aliphatic rings. The minimum Gasteiger partial charge on any atom is -0.436 e. The lowest BCUT2D eigenvalue weighted by Crippen LogP contribution is -1.90. The van der Waals surface area contributed by atoms with Crippen LogP contribution in [0.1, 0.15) is 11.3 Å². The molecule has 1 aromatic heterocycles. The van der Waals surface area contributed by atoms with Gasteiger partial charge in [0.1, 0.15) is 17.4 Å². The van der Waals surface area contributed by atoms with E-state index in [-0.39, 0.29) is 0 Å². The van der Waals surface area contributed by atoms with Gasteiger partial charge in [-0.05, 0) is 25.3 Å². The summed E-state index contributed by atoms with van der Waals surface area (Å²) < 4.78 is 5.59. The van der Waals surface area contributed by atoms with Gasteiger partial charge in [0.25, 0.3) is 0 Å². The highest BCUT2D eigenvalue weighted by atomic mass is 32.2. The zero-order chi connectivity index (χ0) is 12.3. The van der Waals surface area contributed by atoms with Crippen LogP contribution in [0.4, 0.5) is 0 Å². The van der Waals surface area contributed by atoms with Crippen molar-refractivity contribution in [2.75, 3.05) is 6.26 Å². The lowest BCUT2D eigenvalue weighted by molar-refractivity contribution is 0.459. The van der Waals surface area contributed by atoms with Gasteiger partial charge in [-0.2, -0.15) is 5.26 Å². The molecule has 0 radical (unpaired) electrons. The van der Waals surface area contributed by atoms with Crippen LogP contribution < -0.4 is 4.74 Å². The van der Waals surface area contributed by atoms with E-state index in [0.29, 0.717) is 17.2 Å². The van der Waals surface area contributed by atoms with Crippen molar-refractivity contribution in [2.45, 2.75) is 11.8 Å². The summed E-state index contributed by atoms with van der Waals surface area (Å²) in [5.74, 6) is 1.00. The Hall–Kier alpha value is -1.93. The molecule has 0 spiro atoms. The highest BCUT2D eigenvalue weighted by Crippen LogP contribution is 2.30. The number of aryl methyl sites for hydroxylation is 1. The van der Waals surface area contributed by atoms with Crippen molar-refractivity contribution in [3.8, 4) is 17.7 Å². The number of hydrogen-bond donors (Lipinski definition) is 1. The number of nitrogens with zero attached hydrogens (tertiary/aromatic N) is 2. The SMILES string of the molecule is CSc1cccc(Oc2cc(C)[nH]n2)c1C#N. The lowest BCUT2D eigenvalue weighted by Gasteiger charge is -2.06. The van der Waals surface area contributed by atoms with Gasteiger partial charge in [-0.3, -0.25) is 5.10 Å². The smallest absolute Gasteiger partial charge is 0.238 e. The molecule has 0 aliphatic carbocycles. The molecule has 0 saturated heterocycles. The maximum Gasteiger partial charge on any atom is 0.238 e. The zero-order valence-corrected chi connectivity index (χ0v) is 10.3. The molecule has 0 aliphatic heterocycles. The second kappa shape index (κ2) is 4.93. The van der Waals surface area contributed by atoms with E-state index >= 15 is 0 Å². The second-order valence-electron chi connectivity index (χ2n) is 3.44. The van der Waals surface area contributed by atoms with Crippen LogP contribution in [0.25, 0.3) is 0 Å². The van der Waals surface area contributed by atoms with Crippen LogP contribution in [-0.4, -0.2) is 16.5 Å². The molecule has 17 heavy (non-hydrogen) atoms. The van der Waals surface area contributed by atoms with Gasteiger partial charge in [-0.1, -0.05) is 6.07 Å². The number of ether oxygens (including phenoxy) is 1. The Bertz CT molecular complexity index is 571. The molecule has 0 bridgehead atoms. The fourth-order valence-corrected chi connectivity index (χ4v) is 2.00. The molecule has 4 nitrogen and oxygen atoms in total. The van der Waals surface area contributed by atoms with Crippen molar-refractivity contribution in [2.24, 2.45) is 0 Å². The van der Waals surface area contributed by atoms with Gasteiger partial charge in [0.15, 0.2) is 0 Å². The Kier molecular flexibility index (Phi) is 3.35. The van der Waals surface area contributed by atoms with Crippen LogP contribution >= 0.6 is 11.8 Å². The average Bonchev–Trinajstić information content (AvgIpc) is 2.74. The molecule has 2 aromatic rings. The number of nitrogens with one attached hydrogen (secondary N) is 1. The van der Waals surface area contributed by atoms with Crippen molar-refractivity contribution in [3.63, 3.8) is 0 Å². The summed E-state index contributed by atoms with van der Waals surface area (Å²) in [6.45, 7) is 1.89. The molecule has 2 rings (SSSR count). The van der Waals surface area contributed by atoms with Crippen LogP contribution in [0, 0.1) is 18.3 Å². The maximum absolute atomic E-state index is 9.14. The van der Waals surface area contributed by atoms with E-state index < -0.39 is 0 Å². The molecule has 0 atom stereocenters. The van der Waals surface area contributed by atoms with E-state index in [1.807, 2.05) is 25.3 Å². The normalized spacial score (nSPS) is 9.94. The highest BCUT2D eigenvalue weighted by Gasteiger charge is 2.10. The molecular formula is C12H11N3OS. The van der Waals surface area contributed by atoms with E-state index in [1.165, 1.54) is 11.8 Å². The third-order valence-corrected chi connectivity index (χ3v) is 3.00. The molecule has 0 fully saturated rings. The van der Waals surface area contributed by atoms with E-state index in [2.05, 4.69) is 16.3 Å². The fraction of sp³-hybridized carbons (Fsp3) is 0.167. The molecule has 1 aromatic carbocycles. The molecule has 0 unspecified atom stereocenters. The summed E-state index contributed by atoms with van der Waals surface area (Å²) in [5.41, 5.74) is 1.46. The standard InChI is InChI=1S/C12H11N3OS/c1-8-6-12(15-14-8)16-10-4-3-5-11(17-2)9(10)7-13/h3-6H,1-2H3,(H,14,15). The van der Waals surface area contributed by atoms with Crippen molar-refractivity contribution in [1.82, 2.24) is 10.2 Å². The topological polar surface area (TPSA) is 61.7 Å². The number of H-pyrrole nitrogens is 1. The minimum absolute atomic E-state index is 0.470. The van der Waals surface area contributed by atoms with Crippen molar-refractivity contribution >= 4 is 11.8 Å². The number of thioether (sulfide) groups is 1. The van der Waals surface area contributed by atoms with Crippen molar-refractivity contribution < 1.29 is 4.74 Å². The van der Waals surface area contributed by atoms with E-state index in [9.17, 15) is 0 Å². The Morgan fingerprint density at radius 1 is 1.47 bits per heavy atom. The van der Waals surface area contributed by atoms with Crippen molar-refractivity contribution in [1.29, 1.82) is 5.26 Å². The minimum atomic E-state index is 0.470. The largest absolute Gasteiger partial charge is 0.436 e. The summed E-state index contributed by atoms with van der Waals surface area (Å²) in [4.78, 5) is 0.900. The van der Waals surface area contributed by atoms with Crippen LogP contribution in [0.5, 0.6) is 11.6 Å². The van der Waals surface area contributed by atoms with Crippen LogP contribution in [-0.2, 0) is 0 Å². The summed E-state index contributed by atoms with van der Waals surface area (Å²) >= 11 is 1.52. The number of benzene rings is 1. The third-order valence-electron chi connectivity index (χ3n) is 2.22. The maximum atomic E-state index is 9.14. The van der Waals surface area contributed by atoms with Gasteiger partial charge < -0.3 is 4.74 Å². The summed E-state index contributed by atoms with van der Waals surface area (Å²) in [6.07, 6.45) is 1.93. The van der Waals surface area contributed by atoms with Gasteiger partial charge in [0, 0.05) is 16.7 Å². The first-order valence-corrected chi connectivity index (χ1v) is 6.24. The Morgan fingerprint density at radius 2 is 2.29 bits per heavy atom. The monoisotopic (exact) mass is 245 g/mol. The van der Waals surface area contributed by atoms with Crippen LogP contribution in [0.3, 0.4) is 0 Å². The number of nitriles is 1. The summed E-state index contributed by atoms with van der Waals surface area (Å²) in [7, 11) is 0. The first-order chi connectivity index (χ1) is 8.24. The van der Waals surface area contributed by atoms with Gasteiger partial charge in [0.2, 0.25) is 5.88 Å². The molecule has 5 heteroatoms. The molecular weight excluding hydrogens is 234 g/mol. The number of rotatable bonds is 3. The number of aromatic amines is 1.